The second kappa shape index (κ2) is 8.07. The van der Waals surface area contributed by atoms with Crippen LogP contribution in [-0.4, -0.2) is 21.1 Å². The van der Waals surface area contributed by atoms with E-state index in [0.717, 1.165) is 30.3 Å². The van der Waals surface area contributed by atoms with Crippen LogP contribution in [0.25, 0.3) is 6.08 Å². The van der Waals surface area contributed by atoms with Gasteiger partial charge in [0.25, 0.3) is 5.56 Å². The highest BCUT2D eigenvalue weighted by atomic mass is 16.5. The Morgan fingerprint density at radius 2 is 1.89 bits per heavy atom. The Bertz CT molecular complexity index is 981. The molecule has 1 aliphatic carbocycles. The van der Waals surface area contributed by atoms with Gasteiger partial charge in [0.15, 0.2) is 0 Å². The Hall–Kier alpha value is -3.09. The van der Waals surface area contributed by atoms with Crippen LogP contribution in [0.4, 0.5) is 5.69 Å². The van der Waals surface area contributed by atoms with Crippen LogP contribution >= 0.6 is 0 Å². The van der Waals surface area contributed by atoms with Crippen LogP contribution < -0.4 is 21.3 Å². The van der Waals surface area contributed by atoms with E-state index in [-0.39, 0.29) is 17.6 Å². The van der Waals surface area contributed by atoms with E-state index in [9.17, 15) is 14.4 Å². The van der Waals surface area contributed by atoms with Gasteiger partial charge in [0.2, 0.25) is 5.91 Å². The number of carbonyl (C=O) groups excluding carboxylic acids is 1. The van der Waals surface area contributed by atoms with Crippen molar-refractivity contribution in [2.75, 3.05) is 5.32 Å². The molecular weight excluding hydrogens is 346 g/mol. The first kappa shape index (κ1) is 18.7. The molecule has 0 bridgehead atoms. The molecule has 1 saturated carbocycles. The Balaban J connectivity index is 1.74. The van der Waals surface area contributed by atoms with Crippen molar-refractivity contribution in [2.45, 2.75) is 31.8 Å². The van der Waals surface area contributed by atoms with E-state index in [1.54, 1.807) is 13.1 Å². The second-order valence-corrected chi connectivity index (χ2v) is 6.69. The third kappa shape index (κ3) is 4.36. The monoisotopic (exact) mass is 369 g/mol. The molecule has 1 aliphatic rings. The number of aromatic nitrogens is 2. The Morgan fingerprint density at radius 3 is 2.63 bits per heavy atom. The molecule has 1 heterocycles. The van der Waals surface area contributed by atoms with E-state index >= 15 is 0 Å². The van der Waals surface area contributed by atoms with Crippen LogP contribution in [-0.2, 0) is 18.9 Å². The molecule has 7 heteroatoms. The first-order valence-electron chi connectivity index (χ1n) is 8.97. The number of aryl methyl sites for hydroxylation is 1. The van der Waals surface area contributed by atoms with Gasteiger partial charge in [0.1, 0.15) is 5.75 Å². The number of nitrogens with zero attached hydrogens (tertiary/aromatic N) is 2. The van der Waals surface area contributed by atoms with Crippen LogP contribution in [0.1, 0.15) is 31.2 Å². The van der Waals surface area contributed by atoms with Crippen molar-refractivity contribution in [3.05, 3.63) is 62.9 Å². The van der Waals surface area contributed by atoms with Crippen LogP contribution in [0.5, 0.6) is 5.75 Å². The average Bonchev–Trinajstić information content (AvgIpc) is 3.16. The molecule has 0 saturated heterocycles. The summed E-state index contributed by atoms with van der Waals surface area (Å²) in [6.07, 6.45) is 8.65. The van der Waals surface area contributed by atoms with E-state index in [1.165, 1.54) is 30.0 Å². The lowest BCUT2D eigenvalue weighted by molar-refractivity contribution is -0.111. The largest absolute Gasteiger partial charge is 0.488 e. The molecule has 142 valence electrons. The minimum atomic E-state index is -0.452. The van der Waals surface area contributed by atoms with Crippen molar-refractivity contribution in [1.82, 2.24) is 9.13 Å². The third-order valence-corrected chi connectivity index (χ3v) is 4.63. The fourth-order valence-electron chi connectivity index (χ4n) is 3.15. The molecule has 0 aliphatic heterocycles. The molecule has 0 atom stereocenters. The maximum atomic E-state index is 12.3. The summed E-state index contributed by atoms with van der Waals surface area (Å²) in [6, 6.07) is 7.30. The minimum absolute atomic E-state index is 0.187. The fraction of sp³-hybridized carbons (Fsp3) is 0.350. The molecule has 1 amide bonds. The fourth-order valence-corrected chi connectivity index (χ4v) is 3.15. The summed E-state index contributed by atoms with van der Waals surface area (Å²) in [6.45, 7) is 0. The molecule has 7 nitrogen and oxygen atoms in total. The molecule has 1 N–H and O–H groups in total. The SMILES string of the molecule is Cn1cc(/C=C/C(=O)Nc2ccccc2OC2CCCC2)c(=O)n(C)c1=O. The molecule has 1 fully saturated rings. The zero-order valence-corrected chi connectivity index (χ0v) is 15.5. The number of anilines is 1. The first-order chi connectivity index (χ1) is 13.0. The molecule has 27 heavy (non-hydrogen) atoms. The number of carbonyl (C=O) groups is 1. The molecule has 1 aromatic heterocycles. The van der Waals surface area contributed by atoms with Crippen molar-refractivity contribution < 1.29 is 9.53 Å². The topological polar surface area (TPSA) is 82.3 Å². The number of amides is 1. The number of rotatable bonds is 5. The zero-order chi connectivity index (χ0) is 19.4. The van der Waals surface area contributed by atoms with Crippen molar-refractivity contribution in [1.29, 1.82) is 0 Å². The smallest absolute Gasteiger partial charge is 0.330 e. The highest BCUT2D eigenvalue weighted by Crippen LogP contribution is 2.29. The quantitative estimate of drug-likeness (QED) is 0.818. The Labute approximate surface area is 156 Å². The zero-order valence-electron chi connectivity index (χ0n) is 15.5. The van der Waals surface area contributed by atoms with Gasteiger partial charge in [-0.05, 0) is 43.9 Å². The summed E-state index contributed by atoms with van der Waals surface area (Å²) in [7, 11) is 2.95. The minimum Gasteiger partial charge on any atom is -0.488 e. The van der Waals surface area contributed by atoms with Crippen LogP contribution in [0, 0.1) is 0 Å². The lowest BCUT2D eigenvalue weighted by atomic mass is 10.2. The van der Waals surface area contributed by atoms with Gasteiger partial charge in [0.05, 0.1) is 17.4 Å². The Morgan fingerprint density at radius 1 is 1.19 bits per heavy atom. The lowest BCUT2D eigenvalue weighted by Gasteiger charge is -2.16. The summed E-state index contributed by atoms with van der Waals surface area (Å²) in [5.74, 6) is 0.262. The number of hydrogen-bond acceptors (Lipinski definition) is 4. The number of nitrogens with one attached hydrogen (secondary N) is 1. The van der Waals surface area contributed by atoms with Gasteiger partial charge in [-0.2, -0.15) is 0 Å². The number of hydrogen-bond donors (Lipinski definition) is 1. The molecule has 1 aromatic carbocycles. The summed E-state index contributed by atoms with van der Waals surface area (Å²) in [5, 5.41) is 2.79. The number of ether oxygens (including phenoxy) is 1. The number of para-hydroxylation sites is 2. The van der Waals surface area contributed by atoms with Crippen molar-refractivity contribution in [3.63, 3.8) is 0 Å². The molecular formula is C20H23N3O4. The van der Waals surface area contributed by atoms with Gasteiger partial charge in [0, 0.05) is 26.4 Å². The third-order valence-electron chi connectivity index (χ3n) is 4.63. The summed E-state index contributed by atoms with van der Waals surface area (Å²) < 4.78 is 8.30. The lowest BCUT2D eigenvalue weighted by Crippen LogP contribution is -2.37. The summed E-state index contributed by atoms with van der Waals surface area (Å²) in [4.78, 5) is 36.1. The molecule has 0 radical (unpaired) electrons. The van der Waals surface area contributed by atoms with Crippen molar-refractivity contribution >= 4 is 17.7 Å². The van der Waals surface area contributed by atoms with Crippen molar-refractivity contribution in [3.8, 4) is 5.75 Å². The van der Waals surface area contributed by atoms with E-state index in [4.69, 9.17) is 4.74 Å². The molecule has 3 rings (SSSR count). The van der Waals surface area contributed by atoms with E-state index in [1.807, 2.05) is 18.2 Å². The van der Waals surface area contributed by atoms with Gasteiger partial charge < -0.3 is 14.6 Å². The maximum Gasteiger partial charge on any atom is 0.330 e. The van der Waals surface area contributed by atoms with E-state index < -0.39 is 11.2 Å². The standard InChI is InChI=1S/C20H23N3O4/c1-22-13-14(19(25)23(2)20(22)26)11-12-18(24)21-16-9-5-6-10-17(16)27-15-7-3-4-8-15/h5-6,9-13,15H,3-4,7-8H2,1-2H3,(H,21,24)/b12-11+. The number of benzene rings is 1. The predicted molar refractivity (Wildman–Crippen MR) is 104 cm³/mol. The van der Waals surface area contributed by atoms with E-state index in [2.05, 4.69) is 5.32 Å². The van der Waals surface area contributed by atoms with Crippen LogP contribution in [0.3, 0.4) is 0 Å². The highest BCUT2D eigenvalue weighted by Gasteiger charge is 2.18. The normalized spacial score (nSPS) is 14.6. The van der Waals surface area contributed by atoms with Gasteiger partial charge in [-0.15, -0.1) is 0 Å². The molecule has 2 aromatic rings. The van der Waals surface area contributed by atoms with Gasteiger partial charge in [-0.1, -0.05) is 12.1 Å². The maximum absolute atomic E-state index is 12.3. The average molecular weight is 369 g/mol. The molecule has 0 unspecified atom stereocenters. The van der Waals surface area contributed by atoms with Gasteiger partial charge >= 0.3 is 5.69 Å². The van der Waals surface area contributed by atoms with Crippen LogP contribution in [0.2, 0.25) is 0 Å². The molecule has 0 spiro atoms. The summed E-state index contributed by atoms with van der Waals surface area (Å²) >= 11 is 0. The van der Waals surface area contributed by atoms with Gasteiger partial charge in [-0.25, -0.2) is 4.79 Å². The first-order valence-corrected chi connectivity index (χ1v) is 8.97. The van der Waals surface area contributed by atoms with Gasteiger partial charge in [-0.3, -0.25) is 14.2 Å². The van der Waals surface area contributed by atoms with Crippen molar-refractivity contribution in [2.24, 2.45) is 14.1 Å². The highest BCUT2D eigenvalue weighted by molar-refractivity contribution is 6.02. The predicted octanol–water partition coefficient (Wildman–Crippen LogP) is 2.06. The summed E-state index contributed by atoms with van der Waals surface area (Å²) in [5.41, 5.74) is -0.0237. The second-order valence-electron chi connectivity index (χ2n) is 6.69. The van der Waals surface area contributed by atoms with Crippen LogP contribution in [0.15, 0.2) is 46.1 Å². The van der Waals surface area contributed by atoms with E-state index in [0.29, 0.717) is 11.4 Å². The Kier molecular flexibility index (Phi) is 5.59.